The van der Waals surface area contributed by atoms with Gasteiger partial charge in [-0.25, -0.2) is 0 Å². The van der Waals surface area contributed by atoms with E-state index in [2.05, 4.69) is 19.2 Å². The van der Waals surface area contributed by atoms with Gasteiger partial charge in [0.15, 0.2) is 11.5 Å². The average Bonchev–Trinajstić information content (AvgIpc) is 3.00. The molecule has 1 aromatic carbocycles. The summed E-state index contributed by atoms with van der Waals surface area (Å²) in [5.74, 6) is 1.26. The minimum Gasteiger partial charge on any atom is -0.490 e. The van der Waals surface area contributed by atoms with Crippen LogP contribution in [0.15, 0.2) is 18.2 Å². The van der Waals surface area contributed by atoms with Crippen LogP contribution < -0.4 is 20.5 Å². The summed E-state index contributed by atoms with van der Waals surface area (Å²) in [6, 6.07) is 5.49. The lowest BCUT2D eigenvalue weighted by molar-refractivity contribution is -0.121. The van der Waals surface area contributed by atoms with E-state index in [0.29, 0.717) is 30.4 Å². The number of carbonyl (C=O) groups excluding carboxylic acids is 1. The lowest BCUT2D eigenvalue weighted by Gasteiger charge is -2.22. The topological polar surface area (TPSA) is 73.6 Å². The van der Waals surface area contributed by atoms with Crippen LogP contribution in [-0.4, -0.2) is 24.7 Å². The molecule has 1 aromatic rings. The van der Waals surface area contributed by atoms with E-state index in [1.54, 1.807) is 0 Å². The van der Waals surface area contributed by atoms with E-state index in [9.17, 15) is 4.79 Å². The molecular formula is C18H28N2O3. The first-order valence-electron chi connectivity index (χ1n) is 8.59. The lowest BCUT2D eigenvalue weighted by atomic mass is 9.98. The van der Waals surface area contributed by atoms with Gasteiger partial charge in [-0.2, -0.15) is 0 Å². The molecule has 2 rings (SSSR count). The Kier molecular flexibility index (Phi) is 6.28. The standard InChI is InChI=1S/C18H28N2O3/c1-3-11-22-15-8-7-14(13-16(15)23-12-4-2)20-17(21)18(19)9-5-6-10-18/h7-8,13H,3-6,9-12,19H2,1-2H3,(H,20,21). The zero-order valence-corrected chi connectivity index (χ0v) is 14.2. The molecule has 0 heterocycles. The van der Waals surface area contributed by atoms with Gasteiger partial charge < -0.3 is 20.5 Å². The number of carbonyl (C=O) groups is 1. The van der Waals surface area contributed by atoms with Crippen LogP contribution in [0.5, 0.6) is 11.5 Å². The van der Waals surface area contributed by atoms with Crippen molar-refractivity contribution >= 4 is 11.6 Å². The minimum atomic E-state index is -0.734. The summed E-state index contributed by atoms with van der Waals surface area (Å²) in [4.78, 5) is 12.4. The Bertz CT molecular complexity index is 525. The molecule has 1 amide bonds. The third-order valence-corrected chi connectivity index (χ3v) is 4.07. The van der Waals surface area contributed by atoms with Gasteiger partial charge in [0.2, 0.25) is 5.91 Å². The number of anilines is 1. The monoisotopic (exact) mass is 320 g/mol. The van der Waals surface area contributed by atoms with Crippen molar-refractivity contribution in [1.82, 2.24) is 0 Å². The van der Waals surface area contributed by atoms with Gasteiger partial charge in [-0.3, -0.25) is 4.79 Å². The molecule has 0 radical (unpaired) electrons. The molecule has 0 bridgehead atoms. The molecule has 0 aromatic heterocycles. The Labute approximate surface area is 138 Å². The van der Waals surface area contributed by atoms with Crippen LogP contribution in [0.1, 0.15) is 52.4 Å². The van der Waals surface area contributed by atoms with Crippen molar-refractivity contribution in [3.63, 3.8) is 0 Å². The SMILES string of the molecule is CCCOc1ccc(NC(=O)C2(N)CCCC2)cc1OCCC. The van der Waals surface area contributed by atoms with Crippen molar-refractivity contribution in [2.75, 3.05) is 18.5 Å². The Morgan fingerprint density at radius 1 is 1.13 bits per heavy atom. The molecule has 23 heavy (non-hydrogen) atoms. The quantitative estimate of drug-likeness (QED) is 0.769. The van der Waals surface area contributed by atoms with Gasteiger partial charge in [-0.1, -0.05) is 26.7 Å². The van der Waals surface area contributed by atoms with Gasteiger partial charge in [0.25, 0.3) is 0 Å². The fourth-order valence-corrected chi connectivity index (χ4v) is 2.73. The largest absolute Gasteiger partial charge is 0.490 e. The van der Waals surface area contributed by atoms with Crippen molar-refractivity contribution < 1.29 is 14.3 Å². The van der Waals surface area contributed by atoms with E-state index in [0.717, 1.165) is 38.5 Å². The Morgan fingerprint density at radius 3 is 2.35 bits per heavy atom. The number of hydrogen-bond donors (Lipinski definition) is 2. The van der Waals surface area contributed by atoms with Crippen molar-refractivity contribution in [3.8, 4) is 11.5 Å². The van der Waals surface area contributed by atoms with Crippen LogP contribution >= 0.6 is 0 Å². The molecule has 0 spiro atoms. The maximum Gasteiger partial charge on any atom is 0.244 e. The molecule has 0 saturated heterocycles. The molecule has 1 saturated carbocycles. The second-order valence-electron chi connectivity index (χ2n) is 6.18. The first kappa shape index (κ1) is 17.6. The second kappa shape index (κ2) is 8.20. The van der Waals surface area contributed by atoms with Gasteiger partial charge in [-0.15, -0.1) is 0 Å². The van der Waals surface area contributed by atoms with Crippen LogP contribution in [0.25, 0.3) is 0 Å². The summed E-state index contributed by atoms with van der Waals surface area (Å²) in [6.45, 7) is 5.36. The highest BCUT2D eigenvalue weighted by Gasteiger charge is 2.37. The van der Waals surface area contributed by atoms with Gasteiger partial charge in [0.05, 0.1) is 18.8 Å². The van der Waals surface area contributed by atoms with Crippen LogP contribution in [0.4, 0.5) is 5.69 Å². The predicted octanol–water partition coefficient (Wildman–Crippen LogP) is 3.47. The third-order valence-electron chi connectivity index (χ3n) is 4.07. The second-order valence-corrected chi connectivity index (χ2v) is 6.18. The van der Waals surface area contributed by atoms with Gasteiger partial charge in [0, 0.05) is 11.8 Å². The lowest BCUT2D eigenvalue weighted by Crippen LogP contribution is -2.48. The van der Waals surface area contributed by atoms with Gasteiger partial charge in [-0.05, 0) is 37.8 Å². The van der Waals surface area contributed by atoms with E-state index in [1.807, 2.05) is 18.2 Å². The summed E-state index contributed by atoms with van der Waals surface area (Å²) < 4.78 is 11.4. The summed E-state index contributed by atoms with van der Waals surface area (Å²) in [5, 5.41) is 2.93. The summed E-state index contributed by atoms with van der Waals surface area (Å²) in [5.41, 5.74) is 6.16. The van der Waals surface area contributed by atoms with Gasteiger partial charge in [0.1, 0.15) is 0 Å². The number of nitrogens with two attached hydrogens (primary N) is 1. The number of amides is 1. The van der Waals surface area contributed by atoms with E-state index in [4.69, 9.17) is 15.2 Å². The number of nitrogens with one attached hydrogen (secondary N) is 1. The molecule has 3 N–H and O–H groups in total. The maximum absolute atomic E-state index is 12.4. The van der Waals surface area contributed by atoms with Crippen molar-refractivity contribution in [2.24, 2.45) is 5.73 Å². The van der Waals surface area contributed by atoms with Crippen LogP contribution in [0.3, 0.4) is 0 Å². The molecule has 128 valence electrons. The number of rotatable bonds is 8. The molecule has 0 atom stereocenters. The molecule has 0 aliphatic heterocycles. The van der Waals surface area contributed by atoms with Crippen molar-refractivity contribution in [1.29, 1.82) is 0 Å². The van der Waals surface area contributed by atoms with E-state index in [-0.39, 0.29) is 5.91 Å². The number of hydrogen-bond acceptors (Lipinski definition) is 4. The molecule has 1 aliphatic rings. The summed E-state index contributed by atoms with van der Waals surface area (Å²) >= 11 is 0. The molecular weight excluding hydrogens is 292 g/mol. The Balaban J connectivity index is 2.10. The molecule has 5 nitrogen and oxygen atoms in total. The Morgan fingerprint density at radius 2 is 1.74 bits per heavy atom. The first-order valence-corrected chi connectivity index (χ1v) is 8.59. The van der Waals surface area contributed by atoms with Crippen LogP contribution in [-0.2, 0) is 4.79 Å². The molecule has 1 aliphatic carbocycles. The van der Waals surface area contributed by atoms with Crippen molar-refractivity contribution in [3.05, 3.63) is 18.2 Å². The van der Waals surface area contributed by atoms with E-state index in [1.165, 1.54) is 0 Å². The van der Waals surface area contributed by atoms with E-state index < -0.39 is 5.54 Å². The zero-order chi connectivity index (χ0) is 16.7. The fraction of sp³-hybridized carbons (Fsp3) is 0.611. The Hall–Kier alpha value is -1.75. The highest BCUT2D eigenvalue weighted by atomic mass is 16.5. The normalized spacial score (nSPS) is 16.1. The minimum absolute atomic E-state index is 0.112. The highest BCUT2D eigenvalue weighted by Crippen LogP contribution is 2.33. The third kappa shape index (κ3) is 4.61. The molecule has 5 heteroatoms. The fourth-order valence-electron chi connectivity index (χ4n) is 2.73. The first-order chi connectivity index (χ1) is 11.1. The number of benzene rings is 1. The van der Waals surface area contributed by atoms with Gasteiger partial charge >= 0.3 is 0 Å². The maximum atomic E-state index is 12.4. The predicted molar refractivity (Wildman–Crippen MR) is 92.0 cm³/mol. The zero-order valence-electron chi connectivity index (χ0n) is 14.2. The van der Waals surface area contributed by atoms with Crippen LogP contribution in [0, 0.1) is 0 Å². The van der Waals surface area contributed by atoms with Crippen LogP contribution in [0.2, 0.25) is 0 Å². The molecule has 0 unspecified atom stereocenters. The average molecular weight is 320 g/mol. The highest BCUT2D eigenvalue weighted by molar-refractivity contribution is 5.98. The van der Waals surface area contributed by atoms with Crippen molar-refractivity contribution in [2.45, 2.75) is 57.9 Å². The smallest absolute Gasteiger partial charge is 0.244 e. The summed E-state index contributed by atoms with van der Waals surface area (Å²) in [6.07, 6.45) is 5.36. The number of ether oxygens (including phenoxy) is 2. The summed E-state index contributed by atoms with van der Waals surface area (Å²) in [7, 11) is 0. The molecule has 1 fully saturated rings. The van der Waals surface area contributed by atoms with E-state index >= 15 is 0 Å².